The average molecular weight is 410 g/mol. The Labute approximate surface area is 162 Å². The molecular weight excluding hydrogens is 390 g/mol. The number of rotatable bonds is 5. The van der Waals surface area contributed by atoms with Crippen LogP contribution in [0.2, 0.25) is 5.02 Å². The molecule has 9 heteroatoms. The summed E-state index contributed by atoms with van der Waals surface area (Å²) in [5.74, 6) is -0.349. The lowest BCUT2D eigenvalue weighted by molar-refractivity contribution is -0.122. The molecule has 2 aromatic rings. The summed E-state index contributed by atoms with van der Waals surface area (Å²) in [6, 6.07) is 7.99. The van der Waals surface area contributed by atoms with Crippen molar-refractivity contribution in [2.45, 2.75) is 54.6 Å². The van der Waals surface area contributed by atoms with E-state index < -0.39 is 15.4 Å². The number of hydrogen-bond acceptors (Lipinski definition) is 5. The van der Waals surface area contributed by atoms with Crippen molar-refractivity contribution in [3.05, 3.63) is 51.8 Å². The van der Waals surface area contributed by atoms with Crippen molar-refractivity contribution in [3.63, 3.8) is 0 Å². The van der Waals surface area contributed by atoms with Gasteiger partial charge in [0.15, 0.2) is 5.03 Å². The van der Waals surface area contributed by atoms with E-state index in [1.54, 1.807) is 0 Å². The van der Waals surface area contributed by atoms with Crippen LogP contribution in [0.5, 0.6) is 0 Å². The number of carbonyl (C=O) groups excluding carboxylic acids is 1. The van der Waals surface area contributed by atoms with Gasteiger partial charge < -0.3 is 5.32 Å². The SMILES string of the molecule is O=C(Cn1nc(S(=O)(=O)c2ccc(Cl)cc2)ccc1=O)NC1CCCCC1. The molecule has 0 saturated heterocycles. The highest BCUT2D eigenvalue weighted by Gasteiger charge is 2.21. The van der Waals surface area contributed by atoms with E-state index >= 15 is 0 Å². The molecule has 3 rings (SSSR count). The van der Waals surface area contributed by atoms with E-state index in [1.165, 1.54) is 24.3 Å². The number of aromatic nitrogens is 2. The zero-order valence-electron chi connectivity index (χ0n) is 14.6. The van der Waals surface area contributed by atoms with Gasteiger partial charge >= 0.3 is 0 Å². The van der Waals surface area contributed by atoms with Crippen LogP contribution >= 0.6 is 11.6 Å². The Hall–Kier alpha value is -2.19. The molecule has 1 aromatic heterocycles. The number of nitrogens with zero attached hydrogens (tertiary/aromatic N) is 2. The normalized spacial score (nSPS) is 15.4. The summed E-state index contributed by atoms with van der Waals surface area (Å²) in [4.78, 5) is 24.3. The summed E-state index contributed by atoms with van der Waals surface area (Å²) in [7, 11) is -3.92. The highest BCUT2D eigenvalue weighted by molar-refractivity contribution is 7.91. The predicted molar refractivity (Wildman–Crippen MR) is 100 cm³/mol. The standard InChI is InChI=1S/C18H20ClN3O4S/c19-13-6-8-15(9-7-13)27(25,26)17-10-11-18(24)22(21-17)12-16(23)20-14-4-2-1-3-5-14/h6-11,14H,1-5,12H2,(H,20,23). The minimum atomic E-state index is -3.92. The molecule has 0 atom stereocenters. The van der Waals surface area contributed by atoms with Gasteiger partial charge in [0.1, 0.15) is 6.54 Å². The Kier molecular flexibility index (Phi) is 5.96. The largest absolute Gasteiger partial charge is 0.352 e. The van der Waals surface area contributed by atoms with E-state index in [-0.39, 0.29) is 28.4 Å². The predicted octanol–water partition coefficient (Wildman–Crippen LogP) is 2.18. The number of carbonyl (C=O) groups is 1. The highest BCUT2D eigenvalue weighted by atomic mass is 35.5. The molecule has 27 heavy (non-hydrogen) atoms. The van der Waals surface area contributed by atoms with Gasteiger partial charge in [0.05, 0.1) is 4.90 Å². The van der Waals surface area contributed by atoms with Crippen molar-refractivity contribution in [2.24, 2.45) is 0 Å². The quantitative estimate of drug-likeness (QED) is 0.816. The van der Waals surface area contributed by atoms with Gasteiger partial charge in [-0.3, -0.25) is 9.59 Å². The van der Waals surface area contributed by atoms with Gasteiger partial charge in [0, 0.05) is 17.1 Å². The zero-order chi connectivity index (χ0) is 19.4. The van der Waals surface area contributed by atoms with Crippen molar-refractivity contribution in [3.8, 4) is 0 Å². The van der Waals surface area contributed by atoms with Crippen molar-refractivity contribution in [2.75, 3.05) is 0 Å². The number of benzene rings is 1. The van der Waals surface area contributed by atoms with E-state index in [0.717, 1.165) is 48.9 Å². The Morgan fingerprint density at radius 1 is 1.11 bits per heavy atom. The summed E-state index contributed by atoms with van der Waals surface area (Å²) >= 11 is 5.79. The van der Waals surface area contributed by atoms with Crippen LogP contribution in [0.25, 0.3) is 0 Å². The van der Waals surface area contributed by atoms with E-state index in [4.69, 9.17) is 11.6 Å². The number of hydrogen-bond donors (Lipinski definition) is 1. The van der Waals surface area contributed by atoms with Crippen LogP contribution in [0.1, 0.15) is 32.1 Å². The number of amides is 1. The van der Waals surface area contributed by atoms with Crippen LogP contribution in [-0.2, 0) is 21.2 Å². The van der Waals surface area contributed by atoms with Crippen LogP contribution in [0.15, 0.2) is 51.1 Å². The Morgan fingerprint density at radius 2 is 1.78 bits per heavy atom. The van der Waals surface area contributed by atoms with Gasteiger partial charge in [-0.15, -0.1) is 0 Å². The molecular formula is C18H20ClN3O4S. The molecule has 1 aliphatic carbocycles. The molecule has 7 nitrogen and oxygen atoms in total. The van der Waals surface area contributed by atoms with Crippen LogP contribution in [0.3, 0.4) is 0 Å². The smallest absolute Gasteiger partial charge is 0.267 e. The molecule has 1 aromatic carbocycles. The van der Waals surface area contributed by atoms with Crippen LogP contribution in [0, 0.1) is 0 Å². The van der Waals surface area contributed by atoms with E-state index in [2.05, 4.69) is 10.4 Å². The van der Waals surface area contributed by atoms with E-state index in [1.807, 2.05) is 0 Å². The summed E-state index contributed by atoms with van der Waals surface area (Å²) in [6.07, 6.45) is 5.13. The molecule has 1 heterocycles. The topological polar surface area (TPSA) is 98.1 Å². The lowest BCUT2D eigenvalue weighted by Crippen LogP contribution is -2.40. The molecule has 1 saturated carbocycles. The van der Waals surface area contributed by atoms with Crippen LogP contribution in [0.4, 0.5) is 0 Å². The molecule has 1 amide bonds. The van der Waals surface area contributed by atoms with Gasteiger partial charge in [0.25, 0.3) is 5.56 Å². The number of nitrogens with one attached hydrogen (secondary N) is 1. The minimum absolute atomic E-state index is 0.0104. The van der Waals surface area contributed by atoms with Crippen LogP contribution < -0.4 is 10.9 Å². The first-order valence-corrected chi connectivity index (χ1v) is 10.6. The van der Waals surface area contributed by atoms with Gasteiger partial charge in [-0.25, -0.2) is 13.1 Å². The van der Waals surface area contributed by atoms with E-state index in [0.29, 0.717) is 5.02 Å². The maximum atomic E-state index is 12.7. The summed E-state index contributed by atoms with van der Waals surface area (Å²) in [6.45, 7) is -0.320. The van der Waals surface area contributed by atoms with Gasteiger partial charge in [-0.2, -0.15) is 5.10 Å². The fraction of sp³-hybridized carbons (Fsp3) is 0.389. The molecule has 1 fully saturated rings. The highest BCUT2D eigenvalue weighted by Crippen LogP contribution is 2.20. The second kappa shape index (κ2) is 8.22. The third-order valence-electron chi connectivity index (χ3n) is 4.51. The monoisotopic (exact) mass is 409 g/mol. The first-order chi connectivity index (χ1) is 12.9. The lowest BCUT2D eigenvalue weighted by atomic mass is 9.95. The Bertz CT molecular complexity index is 980. The molecule has 1 aliphatic rings. The van der Waals surface area contributed by atoms with Gasteiger partial charge in [-0.05, 0) is 43.2 Å². The van der Waals surface area contributed by atoms with Crippen molar-refractivity contribution in [1.82, 2.24) is 15.1 Å². The maximum absolute atomic E-state index is 12.7. The summed E-state index contributed by atoms with van der Waals surface area (Å²) in [5.41, 5.74) is -0.538. The summed E-state index contributed by atoms with van der Waals surface area (Å²) < 4.78 is 26.3. The average Bonchev–Trinajstić information content (AvgIpc) is 2.64. The third kappa shape index (κ3) is 4.75. The maximum Gasteiger partial charge on any atom is 0.267 e. The first-order valence-electron chi connectivity index (χ1n) is 8.74. The van der Waals surface area contributed by atoms with Gasteiger partial charge in [0.2, 0.25) is 15.7 Å². The van der Waals surface area contributed by atoms with Crippen molar-refractivity contribution >= 4 is 27.3 Å². The summed E-state index contributed by atoms with van der Waals surface area (Å²) in [5, 5.41) is 6.90. The van der Waals surface area contributed by atoms with Crippen LogP contribution in [-0.4, -0.2) is 30.1 Å². The van der Waals surface area contributed by atoms with Crippen molar-refractivity contribution < 1.29 is 13.2 Å². The van der Waals surface area contributed by atoms with Crippen molar-refractivity contribution in [1.29, 1.82) is 0 Å². The molecule has 0 radical (unpaired) electrons. The molecule has 0 spiro atoms. The Morgan fingerprint density at radius 3 is 2.44 bits per heavy atom. The van der Waals surface area contributed by atoms with E-state index in [9.17, 15) is 18.0 Å². The fourth-order valence-electron chi connectivity index (χ4n) is 3.08. The second-order valence-electron chi connectivity index (χ2n) is 6.53. The molecule has 1 N–H and O–H groups in total. The fourth-order valence-corrected chi connectivity index (χ4v) is 4.39. The minimum Gasteiger partial charge on any atom is -0.352 e. The number of halogens is 1. The third-order valence-corrected chi connectivity index (χ3v) is 6.42. The number of sulfone groups is 1. The lowest BCUT2D eigenvalue weighted by Gasteiger charge is -2.22. The first kappa shape index (κ1) is 19.6. The zero-order valence-corrected chi connectivity index (χ0v) is 16.2. The van der Waals surface area contributed by atoms with Gasteiger partial charge in [-0.1, -0.05) is 30.9 Å². The second-order valence-corrected chi connectivity index (χ2v) is 8.86. The molecule has 0 bridgehead atoms. The Balaban J connectivity index is 1.80. The molecule has 0 unspecified atom stereocenters. The molecule has 144 valence electrons. The molecule has 0 aliphatic heterocycles.